The van der Waals surface area contributed by atoms with Gasteiger partial charge in [0, 0.05) is 12.7 Å². The van der Waals surface area contributed by atoms with Crippen molar-refractivity contribution in [1.82, 2.24) is 4.57 Å². The summed E-state index contributed by atoms with van der Waals surface area (Å²) in [4.78, 5) is 12.1. The van der Waals surface area contributed by atoms with Gasteiger partial charge in [-0.25, -0.2) is 0 Å². The standard InChI is InChI=1S/C16H16N2O2/c1-12-6-8-18(16(19)15(12)11-17)9-7-13-4-3-5-14(10-13)20-2/h3-6,8,10H,7,9H2,1-2H3. The maximum absolute atomic E-state index is 12.1. The Kier molecular flexibility index (Phi) is 4.21. The zero-order valence-corrected chi connectivity index (χ0v) is 11.6. The van der Waals surface area contributed by atoms with Crippen LogP contribution in [0.3, 0.4) is 0 Å². The van der Waals surface area contributed by atoms with Crippen LogP contribution in [0.1, 0.15) is 16.7 Å². The molecule has 0 unspecified atom stereocenters. The van der Waals surface area contributed by atoms with Gasteiger partial charge >= 0.3 is 0 Å². The van der Waals surface area contributed by atoms with Gasteiger partial charge in [-0.1, -0.05) is 12.1 Å². The third-order valence-corrected chi connectivity index (χ3v) is 3.26. The second kappa shape index (κ2) is 6.07. The molecule has 0 aliphatic heterocycles. The third-order valence-electron chi connectivity index (χ3n) is 3.26. The van der Waals surface area contributed by atoms with Crippen LogP contribution in [0.4, 0.5) is 0 Å². The Balaban J connectivity index is 2.19. The number of rotatable bonds is 4. The number of nitriles is 1. The Morgan fingerprint density at radius 3 is 2.85 bits per heavy atom. The zero-order valence-electron chi connectivity index (χ0n) is 11.6. The minimum absolute atomic E-state index is 0.221. The number of aryl methyl sites for hydroxylation is 3. The van der Waals surface area contributed by atoms with Crippen molar-refractivity contribution in [3.8, 4) is 11.8 Å². The Bertz CT molecular complexity index is 711. The lowest BCUT2D eigenvalue weighted by molar-refractivity contribution is 0.414. The second-order valence-electron chi connectivity index (χ2n) is 4.59. The lowest BCUT2D eigenvalue weighted by atomic mass is 10.1. The van der Waals surface area contributed by atoms with Gasteiger partial charge in [0.1, 0.15) is 17.4 Å². The van der Waals surface area contributed by atoms with Crippen molar-refractivity contribution >= 4 is 0 Å². The molecule has 0 saturated heterocycles. The average Bonchev–Trinajstić information content (AvgIpc) is 2.47. The number of hydrogen-bond acceptors (Lipinski definition) is 3. The minimum atomic E-state index is -0.226. The lowest BCUT2D eigenvalue weighted by Crippen LogP contribution is -2.23. The van der Waals surface area contributed by atoms with E-state index in [1.54, 1.807) is 30.9 Å². The van der Waals surface area contributed by atoms with Gasteiger partial charge in [0.15, 0.2) is 0 Å². The number of benzene rings is 1. The number of hydrogen-bond donors (Lipinski definition) is 0. The molecule has 0 N–H and O–H groups in total. The molecule has 0 atom stereocenters. The van der Waals surface area contributed by atoms with E-state index >= 15 is 0 Å². The van der Waals surface area contributed by atoms with E-state index < -0.39 is 0 Å². The van der Waals surface area contributed by atoms with E-state index in [0.29, 0.717) is 13.0 Å². The van der Waals surface area contributed by atoms with E-state index in [9.17, 15) is 4.79 Å². The van der Waals surface area contributed by atoms with E-state index in [1.807, 2.05) is 30.3 Å². The molecule has 1 aromatic carbocycles. The van der Waals surface area contributed by atoms with Crippen LogP contribution in [0.2, 0.25) is 0 Å². The molecule has 2 rings (SSSR count). The van der Waals surface area contributed by atoms with E-state index in [2.05, 4.69) is 0 Å². The summed E-state index contributed by atoms with van der Waals surface area (Å²) < 4.78 is 6.75. The predicted octanol–water partition coefficient (Wildman–Crippen LogP) is 2.28. The summed E-state index contributed by atoms with van der Waals surface area (Å²) in [5.41, 5.74) is 1.80. The Labute approximate surface area is 117 Å². The average molecular weight is 268 g/mol. The van der Waals surface area contributed by atoms with Crippen LogP contribution >= 0.6 is 0 Å². The van der Waals surface area contributed by atoms with Gasteiger partial charge in [0.05, 0.1) is 7.11 Å². The molecule has 0 aliphatic rings. The van der Waals surface area contributed by atoms with E-state index in [-0.39, 0.29) is 11.1 Å². The molecule has 4 heteroatoms. The SMILES string of the molecule is COc1cccc(CCn2ccc(C)c(C#N)c2=O)c1. The summed E-state index contributed by atoms with van der Waals surface area (Å²) in [6.07, 6.45) is 2.45. The van der Waals surface area contributed by atoms with Crippen LogP contribution in [-0.2, 0) is 13.0 Å². The molecule has 0 radical (unpaired) electrons. The molecule has 1 heterocycles. The first-order chi connectivity index (χ1) is 9.65. The Morgan fingerprint density at radius 1 is 1.35 bits per heavy atom. The second-order valence-corrected chi connectivity index (χ2v) is 4.59. The summed E-state index contributed by atoms with van der Waals surface area (Å²) in [5, 5.41) is 9.00. The van der Waals surface area contributed by atoms with Crippen molar-refractivity contribution in [3.05, 3.63) is 63.6 Å². The van der Waals surface area contributed by atoms with Crippen LogP contribution < -0.4 is 10.3 Å². The fourth-order valence-corrected chi connectivity index (χ4v) is 2.05. The summed E-state index contributed by atoms with van der Waals surface area (Å²) in [5.74, 6) is 0.802. The first kappa shape index (κ1) is 13.9. The van der Waals surface area contributed by atoms with Crippen molar-refractivity contribution in [2.75, 3.05) is 7.11 Å². The molecule has 4 nitrogen and oxygen atoms in total. The molecule has 2 aromatic rings. The van der Waals surface area contributed by atoms with Crippen molar-refractivity contribution < 1.29 is 4.74 Å². The highest BCUT2D eigenvalue weighted by molar-refractivity contribution is 5.34. The normalized spacial score (nSPS) is 10.1. The van der Waals surface area contributed by atoms with Crippen molar-refractivity contribution in [2.45, 2.75) is 19.9 Å². The smallest absolute Gasteiger partial charge is 0.268 e. The van der Waals surface area contributed by atoms with Gasteiger partial charge < -0.3 is 9.30 Å². The fraction of sp³-hybridized carbons (Fsp3) is 0.250. The molecule has 0 aliphatic carbocycles. The van der Waals surface area contributed by atoms with Gasteiger partial charge in [-0.05, 0) is 42.7 Å². The predicted molar refractivity (Wildman–Crippen MR) is 76.9 cm³/mol. The zero-order chi connectivity index (χ0) is 14.5. The highest BCUT2D eigenvalue weighted by Crippen LogP contribution is 2.13. The molecule has 0 spiro atoms. The molecule has 0 amide bonds. The highest BCUT2D eigenvalue weighted by atomic mass is 16.5. The molecule has 1 aromatic heterocycles. The highest BCUT2D eigenvalue weighted by Gasteiger charge is 2.06. The third kappa shape index (κ3) is 2.89. The topological polar surface area (TPSA) is 55.0 Å². The first-order valence-electron chi connectivity index (χ1n) is 6.39. The quantitative estimate of drug-likeness (QED) is 0.854. The van der Waals surface area contributed by atoms with E-state index in [1.165, 1.54) is 0 Å². The van der Waals surface area contributed by atoms with Crippen LogP contribution in [0.5, 0.6) is 5.75 Å². The molecule has 0 saturated carbocycles. The van der Waals surface area contributed by atoms with Gasteiger partial charge in [-0.2, -0.15) is 5.26 Å². The molecular weight excluding hydrogens is 252 g/mol. The van der Waals surface area contributed by atoms with Crippen molar-refractivity contribution in [2.24, 2.45) is 0 Å². The van der Waals surface area contributed by atoms with Crippen LogP contribution in [-0.4, -0.2) is 11.7 Å². The van der Waals surface area contributed by atoms with Gasteiger partial charge in [0.25, 0.3) is 5.56 Å². The molecule has 0 fully saturated rings. The molecule has 20 heavy (non-hydrogen) atoms. The largest absolute Gasteiger partial charge is 0.497 e. The number of methoxy groups -OCH3 is 1. The van der Waals surface area contributed by atoms with Gasteiger partial charge in [-0.15, -0.1) is 0 Å². The number of ether oxygens (including phenoxy) is 1. The summed E-state index contributed by atoms with van der Waals surface area (Å²) >= 11 is 0. The van der Waals surface area contributed by atoms with Crippen molar-refractivity contribution in [1.29, 1.82) is 5.26 Å². The van der Waals surface area contributed by atoms with Gasteiger partial charge in [0.2, 0.25) is 0 Å². The monoisotopic (exact) mass is 268 g/mol. The molecule has 0 bridgehead atoms. The van der Waals surface area contributed by atoms with Crippen LogP contribution in [0, 0.1) is 18.3 Å². The Hall–Kier alpha value is -2.54. The summed E-state index contributed by atoms with van der Waals surface area (Å²) in [6.45, 7) is 2.31. The molecular formula is C16H16N2O2. The molecule has 102 valence electrons. The van der Waals surface area contributed by atoms with Crippen molar-refractivity contribution in [3.63, 3.8) is 0 Å². The van der Waals surface area contributed by atoms with E-state index in [0.717, 1.165) is 16.9 Å². The minimum Gasteiger partial charge on any atom is -0.497 e. The summed E-state index contributed by atoms with van der Waals surface area (Å²) in [7, 11) is 1.63. The van der Waals surface area contributed by atoms with E-state index in [4.69, 9.17) is 10.00 Å². The maximum atomic E-state index is 12.1. The van der Waals surface area contributed by atoms with Gasteiger partial charge in [-0.3, -0.25) is 4.79 Å². The first-order valence-corrected chi connectivity index (χ1v) is 6.39. The number of pyridine rings is 1. The number of nitrogens with zero attached hydrogens (tertiary/aromatic N) is 2. The maximum Gasteiger partial charge on any atom is 0.268 e. The summed E-state index contributed by atoms with van der Waals surface area (Å²) in [6, 6.07) is 11.5. The fourth-order valence-electron chi connectivity index (χ4n) is 2.05. The van der Waals surface area contributed by atoms with Crippen LogP contribution in [0.25, 0.3) is 0 Å². The lowest BCUT2D eigenvalue weighted by Gasteiger charge is -2.08. The van der Waals surface area contributed by atoms with Crippen LogP contribution in [0.15, 0.2) is 41.3 Å². The Morgan fingerprint density at radius 2 is 2.15 bits per heavy atom. The number of aromatic nitrogens is 1.